The van der Waals surface area contributed by atoms with E-state index in [2.05, 4.69) is 27.4 Å². The maximum absolute atomic E-state index is 11.9. The molecule has 1 saturated heterocycles. The van der Waals surface area contributed by atoms with E-state index in [1.54, 1.807) is 6.20 Å². The Morgan fingerprint density at radius 1 is 1.26 bits per heavy atom. The van der Waals surface area contributed by atoms with E-state index < -0.39 is 0 Å². The molecule has 1 aromatic rings. The lowest BCUT2D eigenvalue weighted by atomic mass is 9.99. The van der Waals surface area contributed by atoms with Crippen LogP contribution in [0.25, 0.3) is 0 Å². The molecule has 2 N–H and O–H groups in total. The molecule has 0 spiro atoms. The van der Waals surface area contributed by atoms with Crippen molar-refractivity contribution >= 4 is 36.5 Å². The van der Waals surface area contributed by atoms with E-state index in [1.807, 2.05) is 19.1 Å². The number of likely N-dealkylation sites (N-methyl/N-ethyl adjacent to an activating group) is 1. The lowest BCUT2D eigenvalue weighted by molar-refractivity contribution is 0.0953. The normalized spacial score (nSPS) is 14.6. The number of amides is 1. The summed E-state index contributed by atoms with van der Waals surface area (Å²) in [5.74, 6) is 1.73. The van der Waals surface area contributed by atoms with Gasteiger partial charge in [-0.1, -0.05) is 13.8 Å². The monoisotopic (exact) mass is 362 g/mol. The summed E-state index contributed by atoms with van der Waals surface area (Å²) in [5.41, 5.74) is 0.626. The first-order chi connectivity index (χ1) is 10.2. The Morgan fingerprint density at radius 2 is 1.96 bits per heavy atom. The van der Waals surface area contributed by atoms with Crippen molar-refractivity contribution in [3.8, 4) is 0 Å². The Balaban J connectivity index is 0.00000242. The maximum atomic E-state index is 11.9. The molecule has 0 bridgehead atoms. The van der Waals surface area contributed by atoms with Crippen molar-refractivity contribution in [2.45, 2.75) is 26.7 Å². The van der Waals surface area contributed by atoms with Crippen molar-refractivity contribution < 1.29 is 4.79 Å². The van der Waals surface area contributed by atoms with Gasteiger partial charge >= 0.3 is 0 Å². The molecule has 1 amide bonds. The van der Waals surface area contributed by atoms with Gasteiger partial charge in [0.1, 0.15) is 5.82 Å². The summed E-state index contributed by atoms with van der Waals surface area (Å²) in [6.07, 6.45) is 4.11. The molecule has 0 aromatic carbocycles. The third-order valence-corrected chi connectivity index (χ3v) is 3.96. The average Bonchev–Trinajstić information content (AvgIpc) is 2.52. The van der Waals surface area contributed by atoms with Gasteiger partial charge in [0.15, 0.2) is 0 Å². The summed E-state index contributed by atoms with van der Waals surface area (Å²) < 4.78 is 0. The van der Waals surface area contributed by atoms with Gasteiger partial charge in [-0.25, -0.2) is 4.98 Å². The van der Waals surface area contributed by atoms with Crippen LogP contribution in [0.1, 0.15) is 37.0 Å². The number of carbonyl (C=O) groups excluding carboxylic acids is 1. The van der Waals surface area contributed by atoms with Crippen LogP contribution in [0, 0.1) is 5.92 Å². The molecule has 2 rings (SSSR count). The van der Waals surface area contributed by atoms with Crippen molar-refractivity contribution in [3.63, 3.8) is 0 Å². The summed E-state index contributed by atoms with van der Waals surface area (Å²) in [5, 5.41) is 6.06. The molecule has 0 aliphatic carbocycles. The second-order valence-electron chi connectivity index (χ2n) is 5.68. The van der Waals surface area contributed by atoms with Crippen LogP contribution in [-0.2, 0) is 0 Å². The fourth-order valence-corrected chi connectivity index (χ4v) is 2.49. The molecule has 23 heavy (non-hydrogen) atoms. The van der Waals surface area contributed by atoms with E-state index in [1.165, 1.54) is 12.8 Å². The summed E-state index contributed by atoms with van der Waals surface area (Å²) >= 11 is 0. The molecule has 0 atom stereocenters. The minimum absolute atomic E-state index is 0. The predicted molar refractivity (Wildman–Crippen MR) is 100 cm³/mol. The van der Waals surface area contributed by atoms with Gasteiger partial charge in [0.2, 0.25) is 0 Å². The molecule has 0 radical (unpaired) electrons. The molecule has 7 heteroatoms. The number of rotatable bonds is 6. The Hall–Kier alpha value is -1.04. The summed E-state index contributed by atoms with van der Waals surface area (Å²) in [6.45, 7) is 8.81. The quantitative estimate of drug-likeness (QED) is 0.763. The first-order valence-corrected chi connectivity index (χ1v) is 7.90. The fraction of sp³-hybridized carbons (Fsp3) is 0.625. The van der Waals surface area contributed by atoms with Gasteiger partial charge in [0.25, 0.3) is 5.91 Å². The zero-order valence-electron chi connectivity index (χ0n) is 13.9. The number of piperidine rings is 1. The van der Waals surface area contributed by atoms with E-state index in [-0.39, 0.29) is 30.7 Å². The molecule has 0 saturated carbocycles. The zero-order chi connectivity index (χ0) is 15.1. The molecule has 132 valence electrons. The van der Waals surface area contributed by atoms with Gasteiger partial charge in [-0.2, -0.15) is 0 Å². The van der Waals surface area contributed by atoms with E-state index in [0.29, 0.717) is 12.1 Å². The lowest BCUT2D eigenvalue weighted by Crippen LogP contribution is -2.34. The van der Waals surface area contributed by atoms with Crippen LogP contribution in [0.3, 0.4) is 0 Å². The molecule has 1 fully saturated rings. The van der Waals surface area contributed by atoms with E-state index in [4.69, 9.17) is 0 Å². The molecule has 1 aliphatic heterocycles. The lowest BCUT2D eigenvalue weighted by Gasteiger charge is -2.31. The van der Waals surface area contributed by atoms with Crippen LogP contribution >= 0.6 is 24.8 Å². The molecule has 2 heterocycles. The molecule has 1 aliphatic rings. The van der Waals surface area contributed by atoms with Crippen LogP contribution in [0.5, 0.6) is 0 Å². The highest BCUT2D eigenvalue weighted by atomic mass is 35.5. The number of hydrogen-bond acceptors (Lipinski definition) is 4. The highest BCUT2D eigenvalue weighted by Gasteiger charge is 2.17. The number of hydrogen-bond donors (Lipinski definition) is 2. The number of nitrogens with one attached hydrogen (secondary N) is 2. The first kappa shape index (κ1) is 22.0. The third kappa shape index (κ3) is 6.94. The number of halogens is 2. The first-order valence-electron chi connectivity index (χ1n) is 7.90. The number of carbonyl (C=O) groups is 1. The topological polar surface area (TPSA) is 57.3 Å². The van der Waals surface area contributed by atoms with Gasteiger partial charge in [-0.05, 0) is 37.4 Å². The van der Waals surface area contributed by atoms with Crippen molar-refractivity contribution in [3.05, 3.63) is 23.9 Å². The van der Waals surface area contributed by atoms with E-state index >= 15 is 0 Å². The van der Waals surface area contributed by atoms with Crippen molar-refractivity contribution in [1.82, 2.24) is 15.6 Å². The van der Waals surface area contributed by atoms with Crippen LogP contribution < -0.4 is 15.5 Å². The average molecular weight is 363 g/mol. The van der Waals surface area contributed by atoms with Gasteiger partial charge in [-0.15, -0.1) is 24.8 Å². The van der Waals surface area contributed by atoms with Crippen LogP contribution in [0.2, 0.25) is 0 Å². The molecule has 1 aromatic heterocycles. The number of anilines is 1. The number of nitrogens with zero attached hydrogens (tertiary/aromatic N) is 2. The number of aromatic nitrogens is 1. The Kier molecular flexibility index (Phi) is 11.0. The van der Waals surface area contributed by atoms with Gasteiger partial charge in [0, 0.05) is 32.4 Å². The Morgan fingerprint density at radius 3 is 2.52 bits per heavy atom. The molecule has 5 nitrogen and oxygen atoms in total. The molecular weight excluding hydrogens is 335 g/mol. The third-order valence-electron chi connectivity index (χ3n) is 3.96. The van der Waals surface area contributed by atoms with E-state index in [0.717, 1.165) is 37.9 Å². The van der Waals surface area contributed by atoms with Crippen LogP contribution in [0.15, 0.2) is 18.3 Å². The SMILES string of the molecule is CCNCCNC(=O)c1ccc(N2CCC(C)CC2)nc1.Cl.Cl. The zero-order valence-corrected chi connectivity index (χ0v) is 15.5. The Bertz CT molecular complexity index is 448. The van der Waals surface area contributed by atoms with Crippen LogP contribution in [-0.4, -0.2) is 43.6 Å². The van der Waals surface area contributed by atoms with Crippen molar-refractivity contribution in [1.29, 1.82) is 0 Å². The summed E-state index contributed by atoms with van der Waals surface area (Å²) in [7, 11) is 0. The second kappa shape index (κ2) is 11.5. The molecular formula is C16H28Cl2N4O. The number of pyridine rings is 1. The van der Waals surface area contributed by atoms with Crippen molar-refractivity contribution in [2.24, 2.45) is 5.92 Å². The molecule has 0 unspecified atom stereocenters. The smallest absolute Gasteiger partial charge is 0.252 e. The highest BCUT2D eigenvalue weighted by molar-refractivity contribution is 5.94. The highest BCUT2D eigenvalue weighted by Crippen LogP contribution is 2.21. The van der Waals surface area contributed by atoms with Gasteiger partial charge in [0.05, 0.1) is 5.56 Å². The minimum atomic E-state index is -0.0563. The predicted octanol–water partition coefficient (Wildman–Crippen LogP) is 2.50. The Labute approximate surface area is 151 Å². The largest absolute Gasteiger partial charge is 0.357 e. The van der Waals surface area contributed by atoms with E-state index in [9.17, 15) is 4.79 Å². The summed E-state index contributed by atoms with van der Waals surface area (Å²) in [6, 6.07) is 3.82. The summed E-state index contributed by atoms with van der Waals surface area (Å²) in [4.78, 5) is 18.7. The van der Waals surface area contributed by atoms with Gasteiger partial charge < -0.3 is 15.5 Å². The second-order valence-corrected chi connectivity index (χ2v) is 5.68. The van der Waals surface area contributed by atoms with Crippen molar-refractivity contribution in [2.75, 3.05) is 37.6 Å². The van der Waals surface area contributed by atoms with Gasteiger partial charge in [-0.3, -0.25) is 4.79 Å². The fourth-order valence-electron chi connectivity index (χ4n) is 2.49. The standard InChI is InChI=1S/C16H26N4O.2ClH/c1-3-17-8-9-18-16(21)14-4-5-15(19-12-14)20-10-6-13(2)7-11-20;;/h4-5,12-13,17H,3,6-11H2,1-2H3,(H,18,21);2*1H. The minimum Gasteiger partial charge on any atom is -0.357 e. The maximum Gasteiger partial charge on any atom is 0.252 e. The van der Waals surface area contributed by atoms with Crippen LogP contribution in [0.4, 0.5) is 5.82 Å².